The largest absolute Gasteiger partial charge is 0.376 e. The number of ether oxygens (including phenoxy) is 1. The lowest BCUT2D eigenvalue weighted by Crippen LogP contribution is -2.25. The molecule has 5 rings (SSSR count). The van der Waals surface area contributed by atoms with E-state index in [9.17, 15) is 0 Å². The predicted molar refractivity (Wildman–Crippen MR) is 128 cm³/mol. The molecule has 3 heteroatoms. The van der Waals surface area contributed by atoms with Gasteiger partial charge in [0.05, 0.1) is 13.2 Å². The van der Waals surface area contributed by atoms with E-state index >= 15 is 0 Å². The molecule has 0 aliphatic carbocycles. The molecule has 0 fully saturated rings. The Bertz CT molecular complexity index is 1170. The molecule has 0 amide bonds. The molecule has 156 valence electrons. The van der Waals surface area contributed by atoms with Crippen molar-refractivity contribution in [2.75, 3.05) is 6.61 Å². The highest BCUT2D eigenvalue weighted by Crippen LogP contribution is 2.44. The number of hydrogen-bond acceptors (Lipinski definition) is 1. The van der Waals surface area contributed by atoms with Crippen molar-refractivity contribution in [1.29, 1.82) is 0 Å². The Morgan fingerprint density at radius 1 is 0.871 bits per heavy atom. The van der Waals surface area contributed by atoms with Crippen LogP contribution >= 0.6 is 11.6 Å². The van der Waals surface area contributed by atoms with Gasteiger partial charge in [0, 0.05) is 40.0 Å². The van der Waals surface area contributed by atoms with E-state index in [0.29, 0.717) is 6.61 Å². The Balaban J connectivity index is 1.43. The second-order valence-electron chi connectivity index (χ2n) is 8.83. The average molecular weight is 428 g/mol. The lowest BCUT2D eigenvalue weighted by molar-refractivity contribution is 0.0427. The van der Waals surface area contributed by atoms with Gasteiger partial charge in [-0.25, -0.2) is 0 Å². The predicted octanol–water partition coefficient (Wildman–Crippen LogP) is 7.25. The Kier molecular flexibility index (Phi) is 5.43. The molecule has 0 saturated heterocycles. The highest BCUT2D eigenvalue weighted by molar-refractivity contribution is 6.30. The summed E-state index contributed by atoms with van der Waals surface area (Å²) < 4.78 is 8.58. The van der Waals surface area contributed by atoms with Crippen LogP contribution in [-0.4, -0.2) is 11.2 Å². The number of aromatic nitrogens is 1. The number of rotatable bonds is 6. The smallest absolute Gasteiger partial charge is 0.0717 e. The molecular formula is C28H26ClNO. The van der Waals surface area contributed by atoms with E-state index in [1.165, 1.54) is 33.5 Å². The van der Waals surface area contributed by atoms with Crippen molar-refractivity contribution >= 4 is 11.6 Å². The highest BCUT2D eigenvalue weighted by atomic mass is 35.5. The van der Waals surface area contributed by atoms with E-state index in [2.05, 4.69) is 84.4 Å². The van der Waals surface area contributed by atoms with Crippen LogP contribution < -0.4 is 0 Å². The minimum absolute atomic E-state index is 0.0895. The Hall–Kier alpha value is -2.81. The Morgan fingerprint density at radius 3 is 2.26 bits per heavy atom. The molecule has 31 heavy (non-hydrogen) atoms. The van der Waals surface area contributed by atoms with Gasteiger partial charge in [0.1, 0.15) is 0 Å². The maximum absolute atomic E-state index is 6.15. The molecule has 4 aromatic rings. The van der Waals surface area contributed by atoms with Crippen molar-refractivity contribution in [2.45, 2.75) is 26.5 Å². The number of hydrogen-bond donors (Lipinski definition) is 0. The minimum atomic E-state index is 0.0895. The van der Waals surface area contributed by atoms with Crippen LogP contribution in [0.4, 0.5) is 0 Å². The van der Waals surface area contributed by atoms with Gasteiger partial charge >= 0.3 is 0 Å². The summed E-state index contributed by atoms with van der Waals surface area (Å²) in [5.74, 6) is 0. The molecule has 0 radical (unpaired) electrons. The lowest BCUT2D eigenvalue weighted by atomic mass is 9.86. The molecule has 0 N–H and O–H groups in total. The normalized spacial score (nSPS) is 17.6. The fourth-order valence-electron chi connectivity index (χ4n) is 4.66. The third-order valence-electron chi connectivity index (χ3n) is 6.12. The highest BCUT2D eigenvalue weighted by Gasteiger charge is 2.36. The Labute approximate surface area is 189 Å². The molecule has 1 unspecified atom stereocenters. The van der Waals surface area contributed by atoms with Crippen molar-refractivity contribution in [3.05, 3.63) is 107 Å². The van der Waals surface area contributed by atoms with Crippen LogP contribution in [0, 0.1) is 5.41 Å². The molecule has 1 aromatic heterocycles. The van der Waals surface area contributed by atoms with Gasteiger partial charge in [0.25, 0.3) is 0 Å². The average Bonchev–Trinajstić information content (AvgIpc) is 3.29. The van der Waals surface area contributed by atoms with Crippen LogP contribution in [-0.2, 0) is 24.3 Å². The second kappa shape index (κ2) is 8.37. The first kappa shape index (κ1) is 20.1. The van der Waals surface area contributed by atoms with Crippen LogP contribution in [0.15, 0.2) is 91.1 Å². The van der Waals surface area contributed by atoms with E-state index in [0.717, 1.165) is 24.6 Å². The maximum Gasteiger partial charge on any atom is 0.0717 e. The molecule has 2 heterocycles. The quantitative estimate of drug-likeness (QED) is 0.316. The molecule has 2 nitrogen and oxygen atoms in total. The van der Waals surface area contributed by atoms with E-state index < -0.39 is 0 Å². The van der Waals surface area contributed by atoms with Crippen molar-refractivity contribution in [1.82, 2.24) is 4.57 Å². The Morgan fingerprint density at radius 2 is 1.55 bits per heavy atom. The summed E-state index contributed by atoms with van der Waals surface area (Å²) in [6.07, 6.45) is 3.31. The van der Waals surface area contributed by atoms with Crippen LogP contribution in [0.1, 0.15) is 18.2 Å². The van der Waals surface area contributed by atoms with E-state index in [1.54, 1.807) is 0 Å². The van der Waals surface area contributed by atoms with Gasteiger partial charge in [0.15, 0.2) is 0 Å². The first-order valence-corrected chi connectivity index (χ1v) is 11.1. The fourth-order valence-corrected chi connectivity index (χ4v) is 4.79. The summed E-state index contributed by atoms with van der Waals surface area (Å²) >= 11 is 6.14. The van der Waals surface area contributed by atoms with Crippen LogP contribution in [0.3, 0.4) is 0 Å². The summed E-state index contributed by atoms with van der Waals surface area (Å²) in [7, 11) is 0. The molecule has 0 saturated carbocycles. The summed E-state index contributed by atoms with van der Waals surface area (Å²) in [5, 5.41) is 0.764. The van der Waals surface area contributed by atoms with Gasteiger partial charge in [-0.1, -0.05) is 91.3 Å². The zero-order chi connectivity index (χ0) is 21.3. The summed E-state index contributed by atoms with van der Waals surface area (Å²) in [6, 6.07) is 29.3. The minimum Gasteiger partial charge on any atom is -0.376 e. The second-order valence-corrected chi connectivity index (χ2v) is 9.27. The molecule has 1 aliphatic rings. The molecule has 3 aromatic carbocycles. The molecule has 1 aliphatic heterocycles. The fraction of sp³-hybridized carbons (Fsp3) is 0.214. The van der Waals surface area contributed by atoms with E-state index in [1.807, 2.05) is 18.2 Å². The third kappa shape index (κ3) is 4.19. The lowest BCUT2D eigenvalue weighted by Gasteiger charge is -2.23. The standard InChI is InChI=1S/C28H26ClNO/c1-28(20-31-18-21-8-4-2-5-9-21)16-26-27(23-10-6-3-7-11-23)25(17-30(26)19-28)22-12-14-24(29)15-13-22/h2-15,17H,16,18-20H2,1H3. The molecule has 0 spiro atoms. The molecule has 0 bridgehead atoms. The van der Waals surface area contributed by atoms with Crippen LogP contribution in [0.5, 0.6) is 0 Å². The monoisotopic (exact) mass is 427 g/mol. The molecular weight excluding hydrogens is 402 g/mol. The third-order valence-corrected chi connectivity index (χ3v) is 6.37. The summed E-state index contributed by atoms with van der Waals surface area (Å²) in [5.41, 5.74) is 7.76. The van der Waals surface area contributed by atoms with Gasteiger partial charge < -0.3 is 9.30 Å². The van der Waals surface area contributed by atoms with Crippen LogP contribution in [0.2, 0.25) is 5.02 Å². The van der Waals surface area contributed by atoms with Crippen molar-refractivity contribution in [3.8, 4) is 22.3 Å². The summed E-state index contributed by atoms with van der Waals surface area (Å²) in [4.78, 5) is 0. The summed E-state index contributed by atoms with van der Waals surface area (Å²) in [6.45, 7) is 4.70. The van der Waals surface area contributed by atoms with Crippen molar-refractivity contribution in [2.24, 2.45) is 5.41 Å². The number of benzene rings is 3. The van der Waals surface area contributed by atoms with Crippen molar-refractivity contribution in [3.63, 3.8) is 0 Å². The van der Waals surface area contributed by atoms with Gasteiger partial charge in [-0.05, 0) is 35.2 Å². The molecule has 1 atom stereocenters. The maximum atomic E-state index is 6.15. The van der Waals surface area contributed by atoms with Gasteiger partial charge in [-0.3, -0.25) is 0 Å². The zero-order valence-corrected chi connectivity index (χ0v) is 18.5. The number of fused-ring (bicyclic) bond motifs is 1. The van der Waals surface area contributed by atoms with Crippen LogP contribution in [0.25, 0.3) is 22.3 Å². The van der Waals surface area contributed by atoms with Gasteiger partial charge in [0.2, 0.25) is 0 Å². The van der Waals surface area contributed by atoms with Crippen molar-refractivity contribution < 1.29 is 4.74 Å². The first-order chi connectivity index (χ1) is 15.1. The van der Waals surface area contributed by atoms with Gasteiger partial charge in [-0.15, -0.1) is 0 Å². The van der Waals surface area contributed by atoms with E-state index in [-0.39, 0.29) is 5.41 Å². The zero-order valence-electron chi connectivity index (χ0n) is 17.7. The number of halogens is 1. The van der Waals surface area contributed by atoms with Gasteiger partial charge in [-0.2, -0.15) is 0 Å². The van der Waals surface area contributed by atoms with E-state index in [4.69, 9.17) is 16.3 Å². The first-order valence-electron chi connectivity index (χ1n) is 10.8. The SMILES string of the molecule is CC1(COCc2ccccc2)Cc2c(-c3ccccc3)c(-c3ccc(Cl)cc3)cn2C1. The topological polar surface area (TPSA) is 14.2 Å². The number of nitrogens with zero attached hydrogens (tertiary/aromatic N) is 1.